The first kappa shape index (κ1) is 12.3. The highest BCUT2D eigenvalue weighted by atomic mass is 127. The van der Waals surface area contributed by atoms with Crippen LogP contribution in [-0.4, -0.2) is 9.55 Å². The maximum absolute atomic E-state index is 13.3. The number of rotatable bonds is 1. The molecule has 0 saturated carbocycles. The summed E-state index contributed by atoms with van der Waals surface area (Å²) in [6.45, 7) is 0. The third kappa shape index (κ3) is 2.27. The molecular weight excluding hydrogens is 361 g/mol. The number of nitrogens with one attached hydrogen (secondary N) is 1. The van der Waals surface area contributed by atoms with Gasteiger partial charge in [0.05, 0.1) is 5.69 Å². The summed E-state index contributed by atoms with van der Waals surface area (Å²) in [5, 5.41) is -0.582. The molecule has 0 aliphatic carbocycles. The van der Waals surface area contributed by atoms with Crippen LogP contribution in [0.1, 0.15) is 0 Å². The van der Waals surface area contributed by atoms with Gasteiger partial charge in [0.2, 0.25) is 5.82 Å². The van der Waals surface area contributed by atoms with Gasteiger partial charge in [0.1, 0.15) is 0 Å². The van der Waals surface area contributed by atoms with Gasteiger partial charge in [0, 0.05) is 3.57 Å². The second-order valence-corrected chi connectivity index (χ2v) is 4.80. The normalized spacial score (nSPS) is 10.5. The van der Waals surface area contributed by atoms with E-state index in [-0.39, 0.29) is 0 Å². The molecule has 1 heterocycles. The Morgan fingerprint density at radius 2 is 2.06 bits per heavy atom. The average molecular weight is 367 g/mol. The largest absolute Gasteiger partial charge is 0.334 e. The van der Waals surface area contributed by atoms with Crippen LogP contribution >= 0.6 is 34.2 Å². The smallest absolute Gasteiger partial charge is 0.295 e. The molecule has 1 aromatic carbocycles. The zero-order valence-electron chi connectivity index (χ0n) is 8.21. The molecule has 7 heteroatoms. The molecule has 88 valence electrons. The molecule has 0 saturated heterocycles. The molecule has 0 spiro atoms. The Labute approximate surface area is 113 Å². The Balaban J connectivity index is 2.82. The van der Waals surface area contributed by atoms with Gasteiger partial charge in [-0.25, -0.2) is 9.36 Å². The fourth-order valence-corrected chi connectivity index (χ4v) is 2.03. The molecule has 1 aromatic heterocycles. The molecule has 0 amide bonds. The summed E-state index contributed by atoms with van der Waals surface area (Å²) in [6, 6.07) is 6.57. The summed E-state index contributed by atoms with van der Waals surface area (Å²) in [7, 11) is 0. The van der Waals surface area contributed by atoms with E-state index in [2.05, 4.69) is 4.98 Å². The number of benzene rings is 1. The molecule has 1 N–H and O–H groups in total. The zero-order valence-corrected chi connectivity index (χ0v) is 11.1. The Hall–Kier alpha value is -1.15. The van der Waals surface area contributed by atoms with Crippen molar-refractivity contribution in [2.24, 2.45) is 0 Å². The minimum Gasteiger partial charge on any atom is -0.295 e. The van der Waals surface area contributed by atoms with Crippen molar-refractivity contribution in [1.82, 2.24) is 9.55 Å². The van der Waals surface area contributed by atoms with Crippen LogP contribution in [0, 0.1) is 9.39 Å². The van der Waals surface area contributed by atoms with Crippen LogP contribution in [0.15, 0.2) is 33.9 Å². The van der Waals surface area contributed by atoms with Gasteiger partial charge in [-0.1, -0.05) is 17.7 Å². The third-order valence-electron chi connectivity index (χ3n) is 2.07. The van der Waals surface area contributed by atoms with Crippen molar-refractivity contribution in [2.75, 3.05) is 0 Å². The second kappa shape index (κ2) is 4.61. The van der Waals surface area contributed by atoms with Gasteiger partial charge in [-0.3, -0.25) is 9.78 Å². The molecule has 0 atom stereocenters. The number of hydrogen-bond acceptors (Lipinski definition) is 2. The highest BCUT2D eigenvalue weighted by Crippen LogP contribution is 2.10. The van der Waals surface area contributed by atoms with Crippen LogP contribution in [0.4, 0.5) is 4.39 Å². The lowest BCUT2D eigenvalue weighted by Gasteiger charge is -2.05. The van der Waals surface area contributed by atoms with Gasteiger partial charge in [0.15, 0.2) is 5.15 Å². The van der Waals surface area contributed by atoms with Gasteiger partial charge in [-0.05, 0) is 40.8 Å². The highest BCUT2D eigenvalue weighted by molar-refractivity contribution is 14.1. The third-order valence-corrected chi connectivity index (χ3v) is 3.00. The summed E-state index contributed by atoms with van der Waals surface area (Å²) in [6.07, 6.45) is 0. The lowest BCUT2D eigenvalue weighted by atomic mass is 10.3. The van der Waals surface area contributed by atoms with Crippen molar-refractivity contribution in [3.8, 4) is 5.69 Å². The first-order chi connectivity index (χ1) is 8.00. The van der Waals surface area contributed by atoms with E-state index in [0.717, 1.165) is 3.57 Å². The van der Waals surface area contributed by atoms with Gasteiger partial charge in [0.25, 0.3) is 5.56 Å². The standard InChI is InChI=1S/C10H5ClFIN2O2/c11-8-7(12)9(16)15(10(17)14-8)6-3-1-2-5(13)4-6/h1-4H,(H,14,17). The van der Waals surface area contributed by atoms with E-state index in [1.54, 1.807) is 18.2 Å². The van der Waals surface area contributed by atoms with Gasteiger partial charge < -0.3 is 0 Å². The summed E-state index contributed by atoms with van der Waals surface area (Å²) in [5.74, 6) is -1.18. The van der Waals surface area contributed by atoms with E-state index in [9.17, 15) is 14.0 Å². The Morgan fingerprint density at radius 1 is 1.35 bits per heavy atom. The van der Waals surface area contributed by atoms with E-state index >= 15 is 0 Å². The van der Waals surface area contributed by atoms with Crippen LogP contribution in [0.5, 0.6) is 0 Å². The first-order valence-electron chi connectivity index (χ1n) is 4.47. The molecule has 4 nitrogen and oxygen atoms in total. The van der Waals surface area contributed by atoms with E-state index in [1.165, 1.54) is 6.07 Å². The fraction of sp³-hybridized carbons (Fsp3) is 0. The average Bonchev–Trinajstić information content (AvgIpc) is 2.26. The first-order valence-corrected chi connectivity index (χ1v) is 5.92. The monoisotopic (exact) mass is 366 g/mol. The summed E-state index contributed by atoms with van der Waals surface area (Å²) in [4.78, 5) is 25.2. The van der Waals surface area contributed by atoms with Crippen LogP contribution in [0.3, 0.4) is 0 Å². The van der Waals surface area contributed by atoms with Crippen molar-refractivity contribution < 1.29 is 4.39 Å². The number of nitrogens with zero attached hydrogens (tertiary/aromatic N) is 1. The molecular formula is C10H5ClFIN2O2. The minimum absolute atomic E-state index is 0.290. The van der Waals surface area contributed by atoms with Crippen molar-refractivity contribution in [3.05, 3.63) is 59.6 Å². The Kier molecular flexibility index (Phi) is 3.34. The minimum atomic E-state index is -1.18. The topological polar surface area (TPSA) is 54.9 Å². The Morgan fingerprint density at radius 3 is 2.71 bits per heavy atom. The van der Waals surface area contributed by atoms with E-state index < -0.39 is 22.2 Å². The zero-order chi connectivity index (χ0) is 12.6. The number of aromatic nitrogens is 2. The van der Waals surface area contributed by atoms with E-state index in [0.29, 0.717) is 10.3 Å². The van der Waals surface area contributed by atoms with E-state index in [4.69, 9.17) is 11.6 Å². The number of aromatic amines is 1. The molecule has 2 aromatic rings. The summed E-state index contributed by atoms with van der Waals surface area (Å²) in [5.41, 5.74) is -1.55. The van der Waals surface area contributed by atoms with Crippen LogP contribution in [0.25, 0.3) is 5.69 Å². The molecule has 17 heavy (non-hydrogen) atoms. The Bertz CT molecular complexity index is 695. The molecule has 0 aliphatic rings. The lowest BCUT2D eigenvalue weighted by molar-refractivity contribution is 0.584. The molecule has 0 fully saturated rings. The van der Waals surface area contributed by atoms with Gasteiger partial charge in [-0.15, -0.1) is 0 Å². The molecule has 0 unspecified atom stereocenters. The van der Waals surface area contributed by atoms with Crippen LogP contribution in [-0.2, 0) is 0 Å². The highest BCUT2D eigenvalue weighted by Gasteiger charge is 2.13. The predicted octanol–water partition coefficient (Wildman–Crippen LogP) is 1.92. The van der Waals surface area contributed by atoms with Crippen molar-refractivity contribution in [3.63, 3.8) is 0 Å². The van der Waals surface area contributed by atoms with Gasteiger partial charge in [-0.2, -0.15) is 4.39 Å². The summed E-state index contributed by atoms with van der Waals surface area (Å²) < 4.78 is 14.8. The molecule has 0 bridgehead atoms. The maximum atomic E-state index is 13.3. The fourth-order valence-electron chi connectivity index (χ4n) is 1.34. The van der Waals surface area contributed by atoms with Crippen LogP contribution < -0.4 is 11.2 Å². The molecule has 0 radical (unpaired) electrons. The quantitative estimate of drug-likeness (QED) is 0.619. The lowest BCUT2D eigenvalue weighted by Crippen LogP contribution is -2.35. The van der Waals surface area contributed by atoms with Crippen molar-refractivity contribution in [2.45, 2.75) is 0 Å². The maximum Gasteiger partial charge on any atom is 0.334 e. The number of H-pyrrole nitrogens is 1. The van der Waals surface area contributed by atoms with Crippen molar-refractivity contribution in [1.29, 1.82) is 0 Å². The molecule has 2 rings (SSSR count). The van der Waals surface area contributed by atoms with Crippen LogP contribution in [0.2, 0.25) is 5.15 Å². The van der Waals surface area contributed by atoms with Gasteiger partial charge >= 0.3 is 5.69 Å². The number of hydrogen-bond donors (Lipinski definition) is 1. The molecule has 0 aliphatic heterocycles. The second-order valence-electron chi connectivity index (χ2n) is 3.18. The predicted molar refractivity (Wildman–Crippen MR) is 70.3 cm³/mol. The van der Waals surface area contributed by atoms with Crippen molar-refractivity contribution >= 4 is 34.2 Å². The summed E-state index contributed by atoms with van der Waals surface area (Å²) >= 11 is 7.39. The number of halogens is 3. The van der Waals surface area contributed by atoms with E-state index in [1.807, 2.05) is 22.6 Å². The SMILES string of the molecule is O=c1[nH]c(Cl)c(F)c(=O)n1-c1cccc(I)c1.